The van der Waals surface area contributed by atoms with Crippen LogP contribution in [0.1, 0.15) is 20.8 Å². The van der Waals surface area contributed by atoms with E-state index in [9.17, 15) is 0 Å². The molecule has 0 heterocycles. The van der Waals surface area contributed by atoms with Crippen molar-refractivity contribution in [2.75, 3.05) is 6.54 Å². The molecule has 0 aromatic rings. The second-order valence-corrected chi connectivity index (χ2v) is 3.39. The van der Waals surface area contributed by atoms with Gasteiger partial charge in [0.15, 0.2) is 0 Å². The first-order valence-electron chi connectivity index (χ1n) is 3.25. The molecular weight excluding hydrogens is 128 g/mol. The molecule has 0 saturated heterocycles. The fourth-order valence-corrected chi connectivity index (χ4v) is 0.398. The Kier molecular flexibility index (Phi) is 3.19. The van der Waals surface area contributed by atoms with E-state index in [0.717, 1.165) is 0 Å². The van der Waals surface area contributed by atoms with Crippen LogP contribution >= 0.6 is 0 Å². The van der Waals surface area contributed by atoms with Gasteiger partial charge in [0.05, 0.1) is 0 Å². The van der Waals surface area contributed by atoms with Crippen molar-refractivity contribution >= 4 is 0 Å². The maximum atomic E-state index is 7.98. The summed E-state index contributed by atoms with van der Waals surface area (Å²) < 4.78 is 0. The molecule has 0 aromatic carbocycles. The summed E-state index contributed by atoms with van der Waals surface area (Å²) in [6, 6.07) is -0.0524. The number of nitrogens with zero attached hydrogens (tertiary/aromatic N) is 3. The van der Waals surface area contributed by atoms with Gasteiger partial charge in [-0.05, 0) is 10.9 Å². The molecule has 10 heavy (non-hydrogen) atoms. The SMILES string of the molecule is CC(C)(C)[C@H](N)CN=[N+]=[N-]. The normalized spacial score (nSPS) is 14.0. The van der Waals surface area contributed by atoms with E-state index in [1.54, 1.807) is 0 Å². The van der Waals surface area contributed by atoms with Gasteiger partial charge in [0, 0.05) is 17.5 Å². The van der Waals surface area contributed by atoms with Crippen molar-refractivity contribution in [1.29, 1.82) is 0 Å². The zero-order valence-corrected chi connectivity index (χ0v) is 6.70. The maximum absolute atomic E-state index is 7.98. The largest absolute Gasteiger partial charge is 0.327 e. The monoisotopic (exact) mass is 142 g/mol. The first kappa shape index (κ1) is 9.27. The Labute approximate surface area is 61.0 Å². The third-order valence-electron chi connectivity index (χ3n) is 1.45. The molecule has 58 valence electrons. The lowest BCUT2D eigenvalue weighted by molar-refractivity contribution is 0.326. The van der Waals surface area contributed by atoms with E-state index in [2.05, 4.69) is 10.0 Å². The molecular formula is C6H14N4. The van der Waals surface area contributed by atoms with E-state index in [0.29, 0.717) is 6.54 Å². The van der Waals surface area contributed by atoms with E-state index in [4.69, 9.17) is 11.3 Å². The molecule has 0 aromatic heterocycles. The van der Waals surface area contributed by atoms with E-state index in [-0.39, 0.29) is 11.5 Å². The highest BCUT2D eigenvalue weighted by molar-refractivity contribution is 4.78. The van der Waals surface area contributed by atoms with Crippen LogP contribution in [-0.4, -0.2) is 12.6 Å². The number of rotatable bonds is 2. The maximum Gasteiger partial charge on any atom is 0.0414 e. The molecule has 0 fully saturated rings. The number of nitrogens with two attached hydrogens (primary N) is 1. The van der Waals surface area contributed by atoms with E-state index in [1.807, 2.05) is 20.8 Å². The molecule has 0 aliphatic carbocycles. The molecule has 0 unspecified atom stereocenters. The van der Waals surface area contributed by atoms with E-state index >= 15 is 0 Å². The van der Waals surface area contributed by atoms with Gasteiger partial charge in [-0.15, -0.1) is 0 Å². The number of hydrogen-bond donors (Lipinski definition) is 1. The van der Waals surface area contributed by atoms with Crippen molar-refractivity contribution in [3.63, 3.8) is 0 Å². The minimum atomic E-state index is -0.0524. The van der Waals surface area contributed by atoms with Crippen LogP contribution in [0.5, 0.6) is 0 Å². The lowest BCUT2D eigenvalue weighted by Gasteiger charge is -2.25. The summed E-state index contributed by atoms with van der Waals surface area (Å²) in [7, 11) is 0. The van der Waals surface area contributed by atoms with Crippen LogP contribution in [0.2, 0.25) is 0 Å². The Balaban J connectivity index is 3.84. The zero-order valence-electron chi connectivity index (χ0n) is 6.70. The summed E-state index contributed by atoms with van der Waals surface area (Å²) >= 11 is 0. The summed E-state index contributed by atoms with van der Waals surface area (Å²) in [5.41, 5.74) is 13.7. The molecule has 0 radical (unpaired) electrons. The first-order valence-corrected chi connectivity index (χ1v) is 3.25. The Bertz CT molecular complexity index is 140. The predicted octanol–water partition coefficient (Wildman–Crippen LogP) is 1.67. The van der Waals surface area contributed by atoms with Crippen molar-refractivity contribution in [3.8, 4) is 0 Å². The molecule has 4 heteroatoms. The molecule has 0 aliphatic rings. The Hall–Kier alpha value is -0.730. The quantitative estimate of drug-likeness (QED) is 0.355. The van der Waals surface area contributed by atoms with E-state index in [1.165, 1.54) is 0 Å². The fraction of sp³-hybridized carbons (Fsp3) is 1.00. The van der Waals surface area contributed by atoms with Crippen molar-refractivity contribution in [2.45, 2.75) is 26.8 Å². The summed E-state index contributed by atoms with van der Waals surface area (Å²) in [4.78, 5) is 2.63. The lowest BCUT2D eigenvalue weighted by atomic mass is 9.88. The molecule has 1 atom stereocenters. The highest BCUT2D eigenvalue weighted by Crippen LogP contribution is 2.16. The minimum Gasteiger partial charge on any atom is -0.327 e. The van der Waals surface area contributed by atoms with Crippen LogP contribution in [0.15, 0.2) is 5.11 Å². The van der Waals surface area contributed by atoms with Crippen LogP contribution < -0.4 is 5.73 Å². The average molecular weight is 142 g/mol. The number of hydrogen-bond acceptors (Lipinski definition) is 2. The summed E-state index contributed by atoms with van der Waals surface area (Å²) in [5.74, 6) is 0. The van der Waals surface area contributed by atoms with Gasteiger partial charge >= 0.3 is 0 Å². The second kappa shape index (κ2) is 3.44. The van der Waals surface area contributed by atoms with Gasteiger partial charge in [0.25, 0.3) is 0 Å². The van der Waals surface area contributed by atoms with Crippen LogP contribution in [0.3, 0.4) is 0 Å². The first-order chi connectivity index (χ1) is 4.48. The molecule has 2 N–H and O–H groups in total. The number of azide groups is 1. The smallest absolute Gasteiger partial charge is 0.0414 e. The summed E-state index contributed by atoms with van der Waals surface area (Å²) in [6.45, 7) is 6.43. The third kappa shape index (κ3) is 3.33. The second-order valence-electron chi connectivity index (χ2n) is 3.39. The standard InChI is InChI=1S/C6H14N4/c1-6(2,3)5(7)4-9-10-8/h5H,4,7H2,1-3H3/t5-/m1/s1. The highest BCUT2D eigenvalue weighted by Gasteiger charge is 2.18. The summed E-state index contributed by atoms with van der Waals surface area (Å²) in [6.07, 6.45) is 0. The lowest BCUT2D eigenvalue weighted by Crippen LogP contribution is -2.37. The average Bonchev–Trinajstić information content (AvgIpc) is 1.80. The van der Waals surface area contributed by atoms with Crippen LogP contribution in [0.25, 0.3) is 10.4 Å². The Morgan fingerprint density at radius 2 is 2.10 bits per heavy atom. The van der Waals surface area contributed by atoms with Crippen LogP contribution in [0, 0.1) is 5.41 Å². The fourth-order valence-electron chi connectivity index (χ4n) is 0.398. The minimum absolute atomic E-state index is 0.0220. The van der Waals surface area contributed by atoms with Crippen molar-refractivity contribution in [2.24, 2.45) is 16.3 Å². The molecule has 0 spiro atoms. The summed E-state index contributed by atoms with van der Waals surface area (Å²) in [5, 5.41) is 3.39. The molecule has 0 aliphatic heterocycles. The molecule has 0 bridgehead atoms. The molecule has 4 nitrogen and oxygen atoms in total. The van der Waals surface area contributed by atoms with Gasteiger partial charge in [-0.1, -0.05) is 25.9 Å². The topological polar surface area (TPSA) is 74.8 Å². The van der Waals surface area contributed by atoms with Gasteiger partial charge in [-0.25, -0.2) is 0 Å². The third-order valence-corrected chi connectivity index (χ3v) is 1.45. The van der Waals surface area contributed by atoms with Gasteiger partial charge in [0.1, 0.15) is 0 Å². The van der Waals surface area contributed by atoms with E-state index < -0.39 is 0 Å². The van der Waals surface area contributed by atoms with Crippen molar-refractivity contribution in [1.82, 2.24) is 0 Å². The van der Waals surface area contributed by atoms with Crippen LogP contribution in [0.4, 0.5) is 0 Å². The van der Waals surface area contributed by atoms with Crippen molar-refractivity contribution < 1.29 is 0 Å². The van der Waals surface area contributed by atoms with Gasteiger partial charge < -0.3 is 5.73 Å². The Morgan fingerprint density at radius 3 is 2.40 bits per heavy atom. The van der Waals surface area contributed by atoms with Gasteiger partial charge in [0.2, 0.25) is 0 Å². The van der Waals surface area contributed by atoms with Gasteiger partial charge in [-0.3, -0.25) is 0 Å². The molecule has 0 rings (SSSR count). The molecule has 0 amide bonds. The highest BCUT2D eigenvalue weighted by atomic mass is 15.1. The predicted molar refractivity (Wildman–Crippen MR) is 41.4 cm³/mol. The van der Waals surface area contributed by atoms with Crippen molar-refractivity contribution in [3.05, 3.63) is 10.4 Å². The van der Waals surface area contributed by atoms with Gasteiger partial charge in [-0.2, -0.15) is 0 Å². The van der Waals surface area contributed by atoms with Crippen LogP contribution in [-0.2, 0) is 0 Å². The molecule has 0 saturated carbocycles. The Morgan fingerprint density at radius 1 is 1.60 bits per heavy atom. The zero-order chi connectivity index (χ0) is 8.20.